The molecule has 102 valence electrons. The van der Waals surface area contributed by atoms with Crippen LogP contribution in [0, 0.1) is 11.8 Å². The lowest BCUT2D eigenvalue weighted by Gasteiger charge is -2.18. The van der Waals surface area contributed by atoms with Gasteiger partial charge < -0.3 is 10.4 Å². The van der Waals surface area contributed by atoms with Crippen LogP contribution in [-0.4, -0.2) is 17.0 Å². The second-order valence-corrected chi connectivity index (χ2v) is 5.41. The van der Waals surface area contributed by atoms with E-state index in [0.29, 0.717) is 16.5 Å². The van der Waals surface area contributed by atoms with E-state index in [4.69, 9.17) is 16.7 Å². The third-order valence-electron chi connectivity index (χ3n) is 3.42. The third kappa shape index (κ3) is 3.47. The Balaban J connectivity index is 2.14. The number of hydrogen-bond donors (Lipinski definition) is 2. The lowest BCUT2D eigenvalue weighted by Crippen LogP contribution is -2.31. The minimum absolute atomic E-state index is 0.0128. The van der Waals surface area contributed by atoms with Gasteiger partial charge in [-0.15, -0.1) is 0 Å². The van der Waals surface area contributed by atoms with Gasteiger partial charge in [-0.3, -0.25) is 9.59 Å². The first-order chi connectivity index (χ1) is 8.99. The number of rotatable bonds is 5. The molecule has 1 aromatic carbocycles. The van der Waals surface area contributed by atoms with Gasteiger partial charge in [-0.2, -0.15) is 0 Å². The van der Waals surface area contributed by atoms with Crippen LogP contribution in [0.3, 0.4) is 0 Å². The Kier molecular flexibility index (Phi) is 4.10. The fourth-order valence-electron chi connectivity index (χ4n) is 2.14. The van der Waals surface area contributed by atoms with Crippen molar-refractivity contribution in [2.24, 2.45) is 11.8 Å². The van der Waals surface area contributed by atoms with Gasteiger partial charge in [0.05, 0.1) is 12.5 Å². The van der Waals surface area contributed by atoms with Crippen molar-refractivity contribution in [3.05, 3.63) is 34.9 Å². The normalized spacial score (nSPS) is 22.6. The monoisotopic (exact) mass is 281 g/mol. The van der Waals surface area contributed by atoms with Crippen molar-refractivity contribution in [3.63, 3.8) is 0 Å². The van der Waals surface area contributed by atoms with Gasteiger partial charge in [0, 0.05) is 10.9 Å². The summed E-state index contributed by atoms with van der Waals surface area (Å²) in [5, 5.41) is 12.2. The molecule has 1 aliphatic carbocycles. The molecule has 0 aliphatic heterocycles. The molecule has 1 aromatic rings. The molecule has 0 bridgehead atoms. The molecule has 1 aliphatic rings. The first-order valence-corrected chi connectivity index (χ1v) is 6.63. The summed E-state index contributed by atoms with van der Waals surface area (Å²) in [6.45, 7) is 2.01. The SMILES string of the molecule is C[C@@H]1C[C@@H]1C(=O)N[C@H](CC(=O)O)c1ccccc1Cl. The highest BCUT2D eigenvalue weighted by atomic mass is 35.5. The number of carbonyl (C=O) groups excluding carboxylic acids is 1. The number of nitrogens with one attached hydrogen (secondary N) is 1. The van der Waals surface area contributed by atoms with E-state index in [1.54, 1.807) is 24.3 Å². The van der Waals surface area contributed by atoms with Crippen LogP contribution in [0.25, 0.3) is 0 Å². The quantitative estimate of drug-likeness (QED) is 0.872. The number of carbonyl (C=O) groups is 2. The van der Waals surface area contributed by atoms with Crippen molar-refractivity contribution in [2.75, 3.05) is 0 Å². The Labute approximate surface area is 116 Å². The third-order valence-corrected chi connectivity index (χ3v) is 3.77. The molecular weight excluding hydrogens is 266 g/mol. The fourth-order valence-corrected chi connectivity index (χ4v) is 2.40. The van der Waals surface area contributed by atoms with E-state index in [2.05, 4.69) is 5.32 Å². The summed E-state index contributed by atoms with van der Waals surface area (Å²) in [6.07, 6.45) is 0.699. The van der Waals surface area contributed by atoms with E-state index in [1.165, 1.54) is 0 Å². The fraction of sp³-hybridized carbons (Fsp3) is 0.429. The Morgan fingerprint density at radius 1 is 1.47 bits per heavy atom. The van der Waals surface area contributed by atoms with Crippen LogP contribution in [0.15, 0.2) is 24.3 Å². The van der Waals surface area contributed by atoms with Gasteiger partial charge in [-0.25, -0.2) is 0 Å². The Morgan fingerprint density at radius 2 is 2.11 bits per heavy atom. The molecule has 0 radical (unpaired) electrons. The van der Waals surface area contributed by atoms with Gasteiger partial charge in [-0.1, -0.05) is 36.7 Å². The van der Waals surface area contributed by atoms with Crippen LogP contribution in [-0.2, 0) is 9.59 Å². The van der Waals surface area contributed by atoms with Gasteiger partial charge in [0.2, 0.25) is 5.91 Å². The van der Waals surface area contributed by atoms with E-state index in [0.717, 1.165) is 6.42 Å². The second-order valence-electron chi connectivity index (χ2n) is 5.00. The standard InChI is InChI=1S/C14H16ClNO3/c1-8-6-10(8)14(19)16-12(7-13(17)18)9-4-2-3-5-11(9)15/h2-5,8,10,12H,6-7H2,1H3,(H,16,19)(H,17,18)/t8-,10+,12-/m1/s1. The van der Waals surface area contributed by atoms with Crippen molar-refractivity contribution in [3.8, 4) is 0 Å². The first kappa shape index (κ1) is 13.9. The molecule has 5 heteroatoms. The van der Waals surface area contributed by atoms with Crippen molar-refractivity contribution < 1.29 is 14.7 Å². The molecule has 3 atom stereocenters. The summed E-state index contributed by atoms with van der Waals surface area (Å²) in [6, 6.07) is 6.41. The van der Waals surface area contributed by atoms with Crippen molar-refractivity contribution >= 4 is 23.5 Å². The minimum atomic E-state index is -0.964. The van der Waals surface area contributed by atoms with E-state index in [-0.39, 0.29) is 18.2 Å². The summed E-state index contributed by atoms with van der Waals surface area (Å²) < 4.78 is 0. The number of benzene rings is 1. The molecule has 0 saturated heterocycles. The number of amides is 1. The van der Waals surface area contributed by atoms with Gasteiger partial charge in [-0.05, 0) is 24.0 Å². The Hall–Kier alpha value is -1.55. The summed E-state index contributed by atoms with van der Waals surface area (Å²) >= 11 is 6.07. The van der Waals surface area contributed by atoms with E-state index >= 15 is 0 Å². The lowest BCUT2D eigenvalue weighted by molar-refractivity contribution is -0.137. The van der Waals surface area contributed by atoms with Crippen LogP contribution >= 0.6 is 11.6 Å². The van der Waals surface area contributed by atoms with Crippen molar-refractivity contribution in [2.45, 2.75) is 25.8 Å². The summed E-state index contributed by atoms with van der Waals surface area (Å²) in [7, 11) is 0. The molecule has 0 unspecified atom stereocenters. The predicted octanol–water partition coefficient (Wildman–Crippen LogP) is 2.63. The molecule has 0 spiro atoms. The molecule has 1 fully saturated rings. The van der Waals surface area contributed by atoms with Gasteiger partial charge >= 0.3 is 5.97 Å². The largest absolute Gasteiger partial charge is 0.481 e. The maximum atomic E-state index is 11.9. The molecule has 19 heavy (non-hydrogen) atoms. The highest BCUT2D eigenvalue weighted by Crippen LogP contribution is 2.38. The molecule has 1 amide bonds. The number of aliphatic carboxylic acids is 1. The molecular formula is C14H16ClNO3. The second kappa shape index (κ2) is 5.61. The number of halogens is 1. The van der Waals surface area contributed by atoms with E-state index in [1.807, 2.05) is 6.92 Å². The zero-order valence-electron chi connectivity index (χ0n) is 10.6. The highest BCUT2D eigenvalue weighted by molar-refractivity contribution is 6.31. The van der Waals surface area contributed by atoms with Crippen LogP contribution in [0.4, 0.5) is 0 Å². The van der Waals surface area contributed by atoms with Crippen LogP contribution in [0.2, 0.25) is 5.02 Å². The Bertz CT molecular complexity index is 503. The van der Waals surface area contributed by atoms with Gasteiger partial charge in [0.1, 0.15) is 0 Å². The van der Waals surface area contributed by atoms with Crippen molar-refractivity contribution in [1.29, 1.82) is 0 Å². The molecule has 1 saturated carbocycles. The molecule has 4 nitrogen and oxygen atoms in total. The molecule has 0 aromatic heterocycles. The molecule has 0 heterocycles. The van der Waals surface area contributed by atoms with Crippen molar-refractivity contribution in [1.82, 2.24) is 5.32 Å². The van der Waals surface area contributed by atoms with E-state index < -0.39 is 12.0 Å². The highest BCUT2D eigenvalue weighted by Gasteiger charge is 2.40. The molecule has 2 rings (SSSR count). The predicted molar refractivity (Wildman–Crippen MR) is 71.9 cm³/mol. The number of carboxylic acids is 1. The topological polar surface area (TPSA) is 66.4 Å². The average molecular weight is 282 g/mol. The summed E-state index contributed by atoms with van der Waals surface area (Å²) in [5.41, 5.74) is 0.646. The van der Waals surface area contributed by atoms with Gasteiger partial charge in [0.15, 0.2) is 0 Å². The molecule has 2 N–H and O–H groups in total. The minimum Gasteiger partial charge on any atom is -0.481 e. The number of carboxylic acid groups (broad SMARTS) is 1. The average Bonchev–Trinajstić information content (AvgIpc) is 3.06. The zero-order chi connectivity index (χ0) is 14.0. The van der Waals surface area contributed by atoms with Crippen LogP contribution in [0.5, 0.6) is 0 Å². The van der Waals surface area contributed by atoms with Crippen LogP contribution < -0.4 is 5.32 Å². The smallest absolute Gasteiger partial charge is 0.305 e. The maximum Gasteiger partial charge on any atom is 0.305 e. The van der Waals surface area contributed by atoms with Gasteiger partial charge in [0.25, 0.3) is 0 Å². The zero-order valence-corrected chi connectivity index (χ0v) is 11.4. The lowest BCUT2D eigenvalue weighted by atomic mass is 10.0. The maximum absolute atomic E-state index is 11.9. The number of hydrogen-bond acceptors (Lipinski definition) is 2. The van der Waals surface area contributed by atoms with E-state index in [9.17, 15) is 9.59 Å². The van der Waals surface area contributed by atoms with Crippen LogP contribution in [0.1, 0.15) is 31.4 Å². The Morgan fingerprint density at radius 3 is 2.63 bits per heavy atom. The first-order valence-electron chi connectivity index (χ1n) is 6.25. The summed E-state index contributed by atoms with van der Waals surface area (Å²) in [4.78, 5) is 22.9. The summed E-state index contributed by atoms with van der Waals surface area (Å²) in [5.74, 6) is -0.650.